The van der Waals surface area contributed by atoms with Crippen molar-refractivity contribution >= 4 is 47.6 Å². The van der Waals surface area contributed by atoms with E-state index >= 15 is 0 Å². The lowest BCUT2D eigenvalue weighted by Gasteiger charge is -2.19. The molecule has 0 radical (unpaired) electrons. The summed E-state index contributed by atoms with van der Waals surface area (Å²) in [4.78, 5) is 0.246. The fourth-order valence-corrected chi connectivity index (χ4v) is 2.81. The third kappa shape index (κ3) is 4.26. The molecule has 2 atom stereocenters. The molecule has 1 aromatic carbocycles. The van der Waals surface area contributed by atoms with E-state index in [1.165, 1.54) is 0 Å². The van der Waals surface area contributed by atoms with E-state index in [0.29, 0.717) is 5.69 Å². The molecule has 1 rings (SSSR count). The van der Waals surface area contributed by atoms with Gasteiger partial charge in [-0.3, -0.25) is 4.72 Å². The molecule has 0 aromatic heterocycles. The van der Waals surface area contributed by atoms with Gasteiger partial charge in [0.05, 0.1) is 16.8 Å². The van der Waals surface area contributed by atoms with E-state index in [2.05, 4.69) is 36.6 Å². The number of hydrogen-bond donors (Lipinski definition) is 1. The fourth-order valence-electron chi connectivity index (χ4n) is 1.49. The van der Waals surface area contributed by atoms with Gasteiger partial charge in [0.2, 0.25) is 10.0 Å². The number of alkyl halides is 2. The smallest absolute Gasteiger partial charge is 0.229 e. The molecule has 0 saturated carbocycles. The average Bonchev–Trinajstić information content (AvgIpc) is 2.18. The molecule has 0 aliphatic heterocycles. The highest BCUT2D eigenvalue weighted by molar-refractivity contribution is 9.12. The summed E-state index contributed by atoms with van der Waals surface area (Å²) >= 11 is 7.05. The van der Waals surface area contributed by atoms with E-state index in [0.717, 1.165) is 17.4 Å². The minimum Gasteiger partial charge on any atom is -0.283 e. The Morgan fingerprint density at radius 1 is 1.29 bits per heavy atom. The molecule has 0 fully saturated rings. The predicted molar refractivity (Wildman–Crippen MR) is 79.7 cm³/mol. The van der Waals surface area contributed by atoms with Crippen molar-refractivity contribution in [2.75, 3.05) is 11.0 Å². The Bertz CT molecular complexity index is 500. The Labute approximate surface area is 119 Å². The molecule has 6 heteroatoms. The van der Waals surface area contributed by atoms with Gasteiger partial charge >= 0.3 is 0 Å². The molecule has 0 heterocycles. The van der Waals surface area contributed by atoms with Crippen LogP contribution in [0.5, 0.6) is 0 Å². The summed E-state index contributed by atoms with van der Waals surface area (Å²) in [6, 6.07) is 5.72. The van der Waals surface area contributed by atoms with Crippen LogP contribution in [0.2, 0.25) is 0 Å². The molecule has 2 unspecified atom stereocenters. The van der Waals surface area contributed by atoms with Crippen LogP contribution in [0.1, 0.15) is 22.9 Å². The van der Waals surface area contributed by atoms with E-state index in [9.17, 15) is 8.42 Å². The third-order valence-corrected chi connectivity index (χ3v) is 5.39. The van der Waals surface area contributed by atoms with Gasteiger partial charge in [0.15, 0.2) is 0 Å². The summed E-state index contributed by atoms with van der Waals surface area (Å²) in [5, 5.41) is 0. The van der Waals surface area contributed by atoms with Crippen LogP contribution in [0.25, 0.3) is 0 Å². The molecule has 0 saturated heterocycles. The molecule has 0 aliphatic rings. The highest BCUT2D eigenvalue weighted by atomic mass is 79.9. The molecule has 17 heavy (non-hydrogen) atoms. The largest absolute Gasteiger partial charge is 0.283 e. The highest BCUT2D eigenvalue weighted by Crippen LogP contribution is 2.37. The van der Waals surface area contributed by atoms with Gasteiger partial charge in [-0.15, -0.1) is 0 Å². The molecular formula is C11H15Br2NO2S. The molecule has 3 nitrogen and oxygen atoms in total. The van der Waals surface area contributed by atoms with Crippen molar-refractivity contribution in [1.29, 1.82) is 0 Å². The Morgan fingerprint density at radius 2 is 1.88 bits per heavy atom. The summed E-state index contributed by atoms with van der Waals surface area (Å²) in [6.07, 6.45) is 1.16. The second kappa shape index (κ2) is 5.71. The minimum atomic E-state index is -3.27. The number of halogens is 2. The van der Waals surface area contributed by atoms with Gasteiger partial charge in [-0.05, 0) is 18.1 Å². The van der Waals surface area contributed by atoms with Gasteiger partial charge in [-0.1, -0.05) is 57.0 Å². The van der Waals surface area contributed by atoms with Crippen LogP contribution in [0, 0.1) is 6.92 Å². The molecule has 0 spiro atoms. The van der Waals surface area contributed by atoms with E-state index < -0.39 is 10.0 Å². The van der Waals surface area contributed by atoms with Gasteiger partial charge in [-0.2, -0.15) is 0 Å². The maximum atomic E-state index is 11.4. The lowest BCUT2D eigenvalue weighted by molar-refractivity contribution is 0.606. The number of para-hydroxylation sites is 1. The van der Waals surface area contributed by atoms with Crippen molar-refractivity contribution in [2.45, 2.75) is 23.5 Å². The number of hydrogen-bond acceptors (Lipinski definition) is 2. The number of rotatable bonds is 4. The minimum absolute atomic E-state index is 0.0478. The Morgan fingerprint density at radius 3 is 2.35 bits per heavy atom. The van der Waals surface area contributed by atoms with Crippen molar-refractivity contribution in [1.82, 2.24) is 0 Å². The topological polar surface area (TPSA) is 46.2 Å². The van der Waals surface area contributed by atoms with E-state index in [4.69, 9.17) is 0 Å². The summed E-state index contributed by atoms with van der Waals surface area (Å²) in [5.41, 5.74) is 2.49. The first kappa shape index (κ1) is 15.0. The van der Waals surface area contributed by atoms with Gasteiger partial charge < -0.3 is 0 Å². The maximum absolute atomic E-state index is 11.4. The standard InChI is InChI=1S/C11H15Br2NO2S/c1-7-5-4-6-9(10(13)8(2)12)11(7)14-17(3,15)16/h4-6,8,10,14H,1-3H3. The predicted octanol–water partition coefficient (Wildman–Crippen LogP) is 3.59. The SMILES string of the molecule is Cc1cccc(C(Br)C(C)Br)c1NS(C)(=O)=O. The van der Waals surface area contributed by atoms with Crippen LogP contribution >= 0.6 is 31.9 Å². The fraction of sp³-hybridized carbons (Fsp3) is 0.455. The van der Waals surface area contributed by atoms with Gasteiger partial charge in [-0.25, -0.2) is 8.42 Å². The summed E-state index contributed by atoms with van der Waals surface area (Å²) in [5.74, 6) is 0. The van der Waals surface area contributed by atoms with Crippen molar-refractivity contribution in [3.63, 3.8) is 0 Å². The molecule has 1 N–H and O–H groups in total. The van der Waals surface area contributed by atoms with Crippen LogP contribution < -0.4 is 4.72 Å². The quantitative estimate of drug-likeness (QED) is 0.806. The normalized spacial score (nSPS) is 15.4. The maximum Gasteiger partial charge on any atom is 0.229 e. The van der Waals surface area contributed by atoms with E-state index in [1.54, 1.807) is 0 Å². The first-order valence-corrected chi connectivity index (χ1v) is 8.80. The zero-order valence-electron chi connectivity index (χ0n) is 9.87. The average molecular weight is 385 g/mol. The molecule has 0 aliphatic carbocycles. The van der Waals surface area contributed by atoms with Crippen LogP contribution in [-0.2, 0) is 10.0 Å². The second-order valence-corrected chi connectivity index (χ2v) is 8.17. The number of sulfonamides is 1. The van der Waals surface area contributed by atoms with Crippen molar-refractivity contribution in [2.24, 2.45) is 0 Å². The highest BCUT2D eigenvalue weighted by Gasteiger charge is 2.19. The third-order valence-electron chi connectivity index (χ3n) is 2.29. The van der Waals surface area contributed by atoms with Crippen LogP contribution in [0.3, 0.4) is 0 Å². The van der Waals surface area contributed by atoms with Crippen LogP contribution in [-0.4, -0.2) is 19.5 Å². The van der Waals surface area contributed by atoms with E-state index in [1.807, 2.05) is 32.0 Å². The first-order valence-electron chi connectivity index (χ1n) is 5.08. The van der Waals surface area contributed by atoms with Gasteiger partial charge in [0.25, 0.3) is 0 Å². The first-order chi connectivity index (χ1) is 7.72. The van der Waals surface area contributed by atoms with Gasteiger partial charge in [0.1, 0.15) is 0 Å². The van der Waals surface area contributed by atoms with Crippen molar-refractivity contribution < 1.29 is 8.42 Å². The lowest BCUT2D eigenvalue weighted by atomic mass is 10.0. The summed E-state index contributed by atoms with van der Waals surface area (Å²) < 4.78 is 25.3. The molecular weight excluding hydrogens is 370 g/mol. The molecule has 0 amide bonds. The molecule has 0 bridgehead atoms. The lowest BCUT2D eigenvalue weighted by Crippen LogP contribution is -2.14. The zero-order valence-corrected chi connectivity index (χ0v) is 13.9. The monoisotopic (exact) mass is 383 g/mol. The number of anilines is 1. The van der Waals surface area contributed by atoms with Crippen LogP contribution in [0.15, 0.2) is 18.2 Å². The second-order valence-electron chi connectivity index (χ2n) is 3.99. The number of nitrogens with one attached hydrogen (secondary N) is 1. The van der Waals surface area contributed by atoms with Gasteiger partial charge in [0, 0.05) is 4.83 Å². The number of aryl methyl sites for hydroxylation is 1. The Kier molecular flexibility index (Phi) is 5.04. The number of benzene rings is 1. The van der Waals surface area contributed by atoms with E-state index in [-0.39, 0.29) is 9.65 Å². The molecule has 96 valence electrons. The van der Waals surface area contributed by atoms with Crippen molar-refractivity contribution in [3.8, 4) is 0 Å². The zero-order chi connectivity index (χ0) is 13.2. The summed E-state index contributed by atoms with van der Waals surface area (Å²) in [6.45, 7) is 3.89. The Balaban J connectivity index is 3.27. The van der Waals surface area contributed by atoms with Crippen LogP contribution in [0.4, 0.5) is 5.69 Å². The Hall–Kier alpha value is -0.0700. The molecule has 1 aromatic rings. The summed E-state index contributed by atoms with van der Waals surface area (Å²) in [7, 11) is -3.27. The van der Waals surface area contributed by atoms with Crippen molar-refractivity contribution in [3.05, 3.63) is 29.3 Å².